The SMILES string of the molecule is C=CCN1C=CN(C)C1OC(=O)CCOCCOCC. The first kappa shape index (κ1) is 16.5. The maximum atomic E-state index is 11.7. The fourth-order valence-corrected chi connectivity index (χ4v) is 1.72. The van der Waals surface area contributed by atoms with E-state index in [4.69, 9.17) is 14.2 Å². The van der Waals surface area contributed by atoms with Gasteiger partial charge in [0.25, 0.3) is 6.35 Å². The third-order valence-corrected chi connectivity index (χ3v) is 2.73. The van der Waals surface area contributed by atoms with Gasteiger partial charge in [-0.2, -0.15) is 0 Å². The summed E-state index contributed by atoms with van der Waals surface area (Å²) in [6, 6.07) is 0. The van der Waals surface area contributed by atoms with Crippen molar-refractivity contribution in [1.29, 1.82) is 0 Å². The van der Waals surface area contributed by atoms with Gasteiger partial charge in [-0.05, 0) is 6.92 Å². The van der Waals surface area contributed by atoms with Crippen molar-refractivity contribution in [1.82, 2.24) is 9.80 Å². The molecule has 6 nitrogen and oxygen atoms in total. The highest BCUT2D eigenvalue weighted by molar-refractivity contribution is 5.69. The summed E-state index contributed by atoms with van der Waals surface area (Å²) in [4.78, 5) is 15.5. The topological polar surface area (TPSA) is 51.2 Å². The lowest BCUT2D eigenvalue weighted by molar-refractivity contribution is -0.167. The summed E-state index contributed by atoms with van der Waals surface area (Å²) < 4.78 is 15.8. The molecule has 1 aliphatic heterocycles. The second kappa shape index (κ2) is 9.39. The first-order chi connectivity index (χ1) is 9.69. The molecule has 1 aliphatic rings. The monoisotopic (exact) mass is 284 g/mol. The van der Waals surface area contributed by atoms with Crippen LogP contribution in [0.5, 0.6) is 0 Å². The lowest BCUT2D eigenvalue weighted by Crippen LogP contribution is -2.40. The van der Waals surface area contributed by atoms with Crippen LogP contribution in [0.4, 0.5) is 0 Å². The fraction of sp³-hybridized carbons (Fsp3) is 0.643. The van der Waals surface area contributed by atoms with E-state index in [0.29, 0.717) is 33.0 Å². The summed E-state index contributed by atoms with van der Waals surface area (Å²) in [6.07, 6.45) is 5.33. The van der Waals surface area contributed by atoms with Crippen LogP contribution >= 0.6 is 0 Å². The molecule has 1 unspecified atom stereocenters. The highest BCUT2D eigenvalue weighted by atomic mass is 16.6. The summed E-state index contributed by atoms with van der Waals surface area (Å²) in [5, 5.41) is 0. The average molecular weight is 284 g/mol. The molecule has 0 bridgehead atoms. The summed E-state index contributed by atoms with van der Waals surface area (Å²) >= 11 is 0. The van der Waals surface area contributed by atoms with E-state index in [0.717, 1.165) is 0 Å². The summed E-state index contributed by atoms with van der Waals surface area (Å²) in [5.41, 5.74) is 0. The molecule has 0 N–H and O–H groups in total. The van der Waals surface area contributed by atoms with Gasteiger partial charge in [-0.25, -0.2) is 0 Å². The number of hydrogen-bond acceptors (Lipinski definition) is 6. The van der Waals surface area contributed by atoms with Crippen LogP contribution < -0.4 is 0 Å². The van der Waals surface area contributed by atoms with Crippen molar-refractivity contribution >= 4 is 5.97 Å². The van der Waals surface area contributed by atoms with Gasteiger partial charge in [-0.1, -0.05) is 6.08 Å². The van der Waals surface area contributed by atoms with E-state index >= 15 is 0 Å². The van der Waals surface area contributed by atoms with Crippen molar-refractivity contribution in [2.75, 3.05) is 40.0 Å². The number of nitrogens with zero attached hydrogens (tertiary/aromatic N) is 2. The molecule has 114 valence electrons. The highest BCUT2D eigenvalue weighted by Gasteiger charge is 2.26. The third-order valence-electron chi connectivity index (χ3n) is 2.73. The van der Waals surface area contributed by atoms with Crippen LogP contribution in [0.25, 0.3) is 0 Å². The zero-order chi connectivity index (χ0) is 14.8. The minimum absolute atomic E-state index is 0.235. The Morgan fingerprint density at radius 1 is 1.30 bits per heavy atom. The smallest absolute Gasteiger partial charge is 0.311 e. The molecule has 0 aromatic carbocycles. The molecule has 0 radical (unpaired) electrons. The molecule has 0 amide bonds. The third kappa shape index (κ3) is 5.63. The van der Waals surface area contributed by atoms with E-state index in [2.05, 4.69) is 6.58 Å². The van der Waals surface area contributed by atoms with Gasteiger partial charge in [0.1, 0.15) is 0 Å². The Morgan fingerprint density at radius 3 is 2.75 bits per heavy atom. The summed E-state index contributed by atoms with van der Waals surface area (Å²) in [5.74, 6) is -0.281. The van der Waals surface area contributed by atoms with Crippen molar-refractivity contribution in [2.45, 2.75) is 19.7 Å². The van der Waals surface area contributed by atoms with Gasteiger partial charge in [-0.3, -0.25) is 4.79 Å². The van der Waals surface area contributed by atoms with E-state index in [-0.39, 0.29) is 12.4 Å². The number of esters is 1. The lowest BCUT2D eigenvalue weighted by Gasteiger charge is -2.28. The molecule has 1 atom stereocenters. The molecule has 0 saturated heterocycles. The van der Waals surface area contributed by atoms with E-state index in [1.54, 1.807) is 6.08 Å². The van der Waals surface area contributed by atoms with Gasteiger partial charge in [0.05, 0.1) is 26.2 Å². The number of carbonyl (C=O) groups excluding carboxylic acids is 1. The molecule has 0 aromatic heterocycles. The fourth-order valence-electron chi connectivity index (χ4n) is 1.72. The van der Waals surface area contributed by atoms with E-state index in [1.165, 1.54) is 0 Å². The molecule has 0 fully saturated rings. The van der Waals surface area contributed by atoms with Crippen LogP contribution in [0.1, 0.15) is 13.3 Å². The van der Waals surface area contributed by atoms with Crippen LogP contribution in [0.2, 0.25) is 0 Å². The lowest BCUT2D eigenvalue weighted by atomic mass is 10.4. The first-order valence-corrected chi connectivity index (χ1v) is 6.81. The molecule has 1 rings (SSSR count). The van der Waals surface area contributed by atoms with Crippen molar-refractivity contribution in [3.8, 4) is 0 Å². The molecule has 0 saturated carbocycles. The largest absolute Gasteiger partial charge is 0.422 e. The number of carbonyl (C=O) groups is 1. The standard InChI is InChI=1S/C14H24N2O4/c1-4-7-16-9-8-15(3)14(16)20-13(17)6-10-19-12-11-18-5-2/h4,8-9,14H,1,5-7,10-12H2,2-3H3. The van der Waals surface area contributed by atoms with Crippen molar-refractivity contribution in [3.05, 3.63) is 25.1 Å². The first-order valence-electron chi connectivity index (χ1n) is 6.81. The van der Waals surface area contributed by atoms with Crippen molar-refractivity contribution < 1.29 is 19.0 Å². The Labute approximate surface area is 120 Å². The maximum Gasteiger partial charge on any atom is 0.311 e. The number of rotatable bonds is 10. The molecular formula is C14H24N2O4. The Hall–Kier alpha value is -1.53. The summed E-state index contributed by atoms with van der Waals surface area (Å²) in [7, 11) is 1.86. The minimum atomic E-state index is -0.399. The Morgan fingerprint density at radius 2 is 2.05 bits per heavy atom. The molecule has 0 aliphatic carbocycles. The Balaban J connectivity index is 2.19. The van der Waals surface area contributed by atoms with Crippen LogP contribution in [-0.4, -0.2) is 62.1 Å². The molecular weight excluding hydrogens is 260 g/mol. The van der Waals surface area contributed by atoms with Crippen LogP contribution in [0, 0.1) is 0 Å². The van der Waals surface area contributed by atoms with Gasteiger partial charge < -0.3 is 24.0 Å². The summed E-state index contributed by atoms with van der Waals surface area (Å²) in [6.45, 7) is 8.30. The highest BCUT2D eigenvalue weighted by Crippen LogP contribution is 2.15. The molecule has 0 spiro atoms. The zero-order valence-electron chi connectivity index (χ0n) is 12.3. The van der Waals surface area contributed by atoms with Crippen molar-refractivity contribution in [2.24, 2.45) is 0 Å². The number of ether oxygens (including phenoxy) is 3. The maximum absolute atomic E-state index is 11.7. The quantitative estimate of drug-likeness (QED) is 0.341. The normalized spacial score (nSPS) is 17.6. The molecule has 1 heterocycles. The second-order valence-corrected chi connectivity index (χ2v) is 4.32. The molecule has 0 aromatic rings. The molecule has 6 heteroatoms. The predicted molar refractivity (Wildman–Crippen MR) is 75.6 cm³/mol. The van der Waals surface area contributed by atoms with Crippen LogP contribution in [0.3, 0.4) is 0 Å². The van der Waals surface area contributed by atoms with E-state index < -0.39 is 6.35 Å². The van der Waals surface area contributed by atoms with Crippen molar-refractivity contribution in [3.63, 3.8) is 0 Å². The Kier molecular flexibility index (Phi) is 7.75. The predicted octanol–water partition coefficient (Wildman–Crippen LogP) is 1.16. The Bertz CT molecular complexity index is 333. The van der Waals surface area contributed by atoms with Gasteiger partial charge in [0, 0.05) is 32.6 Å². The zero-order valence-corrected chi connectivity index (χ0v) is 12.3. The second-order valence-electron chi connectivity index (χ2n) is 4.32. The van der Waals surface area contributed by atoms with Gasteiger partial charge in [0.15, 0.2) is 0 Å². The van der Waals surface area contributed by atoms with Gasteiger partial charge >= 0.3 is 5.97 Å². The minimum Gasteiger partial charge on any atom is -0.422 e. The number of hydrogen-bond donors (Lipinski definition) is 0. The van der Waals surface area contributed by atoms with Crippen LogP contribution in [-0.2, 0) is 19.0 Å². The van der Waals surface area contributed by atoms with E-state index in [1.807, 2.05) is 36.2 Å². The average Bonchev–Trinajstić information content (AvgIpc) is 2.76. The van der Waals surface area contributed by atoms with Crippen LogP contribution in [0.15, 0.2) is 25.1 Å². The van der Waals surface area contributed by atoms with Gasteiger partial charge in [-0.15, -0.1) is 6.58 Å². The van der Waals surface area contributed by atoms with Gasteiger partial charge in [0.2, 0.25) is 0 Å². The van der Waals surface area contributed by atoms with E-state index in [9.17, 15) is 4.79 Å². The molecule has 20 heavy (non-hydrogen) atoms.